The molecule has 0 radical (unpaired) electrons. The first-order valence-corrected chi connectivity index (χ1v) is 9.12. The van der Waals surface area contributed by atoms with Crippen molar-refractivity contribution in [1.29, 1.82) is 5.26 Å². The summed E-state index contributed by atoms with van der Waals surface area (Å²) >= 11 is 0. The molecule has 30 heavy (non-hydrogen) atoms. The lowest BCUT2D eigenvalue weighted by Gasteiger charge is -2.34. The molecule has 8 nitrogen and oxygen atoms in total. The molecule has 1 fully saturated rings. The third-order valence-electron chi connectivity index (χ3n) is 4.98. The van der Waals surface area contributed by atoms with E-state index in [0.717, 1.165) is 0 Å². The van der Waals surface area contributed by atoms with Crippen LogP contribution in [0.4, 0.5) is 14.5 Å². The number of hydrogen-bond acceptors (Lipinski definition) is 5. The third kappa shape index (κ3) is 3.57. The Morgan fingerprint density at radius 3 is 2.77 bits per heavy atom. The highest BCUT2D eigenvalue weighted by Gasteiger charge is 2.45. The zero-order chi connectivity index (χ0) is 21.5. The van der Waals surface area contributed by atoms with E-state index in [1.165, 1.54) is 23.0 Å². The number of amides is 2. The first kappa shape index (κ1) is 19.4. The predicted molar refractivity (Wildman–Crippen MR) is 103 cm³/mol. The van der Waals surface area contributed by atoms with E-state index in [2.05, 4.69) is 15.4 Å². The number of alkyl halides is 2. The highest BCUT2D eigenvalue weighted by atomic mass is 19.3. The Balaban J connectivity index is 1.71. The molecule has 1 aliphatic rings. The van der Waals surface area contributed by atoms with Crippen molar-refractivity contribution in [3.8, 4) is 6.07 Å². The number of primary amides is 1. The van der Waals surface area contributed by atoms with Crippen LogP contribution in [0.3, 0.4) is 0 Å². The van der Waals surface area contributed by atoms with Crippen molar-refractivity contribution in [3.05, 3.63) is 53.5 Å². The van der Waals surface area contributed by atoms with Gasteiger partial charge in [-0.1, -0.05) is 12.1 Å². The number of pyridine rings is 1. The van der Waals surface area contributed by atoms with Crippen molar-refractivity contribution in [2.24, 2.45) is 11.7 Å². The third-order valence-corrected chi connectivity index (χ3v) is 4.98. The minimum atomic E-state index is -2.69. The SMILES string of the molecule is N#Cc1cccc2c(C(=O)Nc3ccnc(C(N)=O)c3)n(CC3CC(F)(F)C3)nc12. The summed E-state index contributed by atoms with van der Waals surface area (Å²) in [7, 11) is 0. The van der Waals surface area contributed by atoms with Crippen LogP contribution in [0.1, 0.15) is 39.4 Å². The molecule has 1 saturated carbocycles. The summed E-state index contributed by atoms with van der Waals surface area (Å²) in [5.41, 5.74) is 6.23. The number of nitrogens with zero attached hydrogens (tertiary/aromatic N) is 4. The van der Waals surface area contributed by atoms with Gasteiger partial charge in [-0.25, -0.2) is 8.78 Å². The van der Waals surface area contributed by atoms with E-state index in [1.807, 2.05) is 6.07 Å². The minimum absolute atomic E-state index is 0.0189. The highest BCUT2D eigenvalue weighted by Crippen LogP contribution is 2.43. The van der Waals surface area contributed by atoms with Gasteiger partial charge in [0, 0.05) is 36.7 Å². The van der Waals surface area contributed by atoms with Crippen LogP contribution in [0.15, 0.2) is 36.5 Å². The molecule has 3 aromatic rings. The van der Waals surface area contributed by atoms with E-state index in [1.54, 1.807) is 18.2 Å². The molecular weight excluding hydrogens is 394 g/mol. The largest absolute Gasteiger partial charge is 0.364 e. The first-order chi connectivity index (χ1) is 14.3. The molecule has 2 aromatic heterocycles. The van der Waals surface area contributed by atoms with Crippen molar-refractivity contribution in [2.45, 2.75) is 25.3 Å². The molecule has 3 N–H and O–H groups in total. The zero-order valence-electron chi connectivity index (χ0n) is 15.6. The van der Waals surface area contributed by atoms with Gasteiger partial charge in [-0.05, 0) is 24.1 Å². The number of fused-ring (bicyclic) bond motifs is 1. The topological polar surface area (TPSA) is 127 Å². The molecule has 0 unspecified atom stereocenters. The maximum atomic E-state index is 13.3. The number of nitrogens with two attached hydrogens (primary N) is 1. The fourth-order valence-electron chi connectivity index (χ4n) is 3.61. The lowest BCUT2D eigenvalue weighted by atomic mass is 9.81. The molecule has 0 bridgehead atoms. The number of aromatic nitrogens is 3. The fraction of sp³-hybridized carbons (Fsp3) is 0.250. The van der Waals surface area contributed by atoms with Crippen molar-refractivity contribution in [3.63, 3.8) is 0 Å². The number of carbonyl (C=O) groups is 2. The Morgan fingerprint density at radius 1 is 1.33 bits per heavy atom. The van der Waals surface area contributed by atoms with Crippen LogP contribution < -0.4 is 11.1 Å². The molecule has 0 atom stereocenters. The number of nitriles is 1. The van der Waals surface area contributed by atoms with E-state index in [9.17, 15) is 23.6 Å². The van der Waals surface area contributed by atoms with E-state index in [4.69, 9.17) is 5.73 Å². The van der Waals surface area contributed by atoms with Gasteiger partial charge >= 0.3 is 0 Å². The van der Waals surface area contributed by atoms with Crippen LogP contribution in [0.25, 0.3) is 10.9 Å². The molecule has 4 rings (SSSR count). The molecule has 2 amide bonds. The quantitative estimate of drug-likeness (QED) is 0.669. The van der Waals surface area contributed by atoms with Crippen LogP contribution in [0, 0.1) is 17.2 Å². The molecule has 0 spiro atoms. The van der Waals surface area contributed by atoms with Gasteiger partial charge in [-0.2, -0.15) is 10.4 Å². The van der Waals surface area contributed by atoms with Crippen LogP contribution in [-0.2, 0) is 6.54 Å². The van der Waals surface area contributed by atoms with E-state index >= 15 is 0 Å². The molecule has 10 heteroatoms. The average Bonchev–Trinajstić information content (AvgIpc) is 3.04. The summed E-state index contributed by atoms with van der Waals surface area (Å²) in [6, 6.07) is 9.68. The van der Waals surface area contributed by atoms with Crippen LogP contribution in [-0.4, -0.2) is 32.5 Å². The van der Waals surface area contributed by atoms with Crippen molar-refractivity contribution >= 4 is 28.4 Å². The summed E-state index contributed by atoms with van der Waals surface area (Å²) in [4.78, 5) is 28.2. The van der Waals surface area contributed by atoms with Gasteiger partial charge < -0.3 is 11.1 Å². The van der Waals surface area contributed by atoms with Gasteiger partial charge in [0.05, 0.1) is 5.56 Å². The second kappa shape index (κ2) is 7.18. The molecule has 0 saturated heterocycles. The van der Waals surface area contributed by atoms with Gasteiger partial charge in [0.25, 0.3) is 11.8 Å². The predicted octanol–water partition coefficient (Wildman–Crippen LogP) is 2.70. The van der Waals surface area contributed by atoms with E-state index < -0.39 is 17.7 Å². The molecule has 2 heterocycles. The van der Waals surface area contributed by atoms with Gasteiger partial charge in [-0.15, -0.1) is 0 Å². The Bertz CT molecular complexity index is 1210. The van der Waals surface area contributed by atoms with Gasteiger partial charge in [0.15, 0.2) is 0 Å². The summed E-state index contributed by atoms with van der Waals surface area (Å²) in [5.74, 6) is -4.32. The highest BCUT2D eigenvalue weighted by molar-refractivity contribution is 6.12. The number of anilines is 1. The second-order valence-electron chi connectivity index (χ2n) is 7.22. The zero-order valence-corrected chi connectivity index (χ0v) is 15.6. The Morgan fingerprint density at radius 2 is 2.10 bits per heavy atom. The maximum absolute atomic E-state index is 13.3. The molecule has 0 aliphatic heterocycles. The van der Waals surface area contributed by atoms with E-state index in [0.29, 0.717) is 10.9 Å². The average molecular weight is 410 g/mol. The van der Waals surface area contributed by atoms with Gasteiger partial charge in [-0.3, -0.25) is 19.3 Å². The van der Waals surface area contributed by atoms with Crippen LogP contribution in [0.2, 0.25) is 0 Å². The molecule has 1 aliphatic carbocycles. The summed E-state index contributed by atoms with van der Waals surface area (Å²) in [6.45, 7) is 0.126. The lowest BCUT2D eigenvalue weighted by Crippen LogP contribution is -2.38. The fourth-order valence-corrected chi connectivity index (χ4v) is 3.61. The van der Waals surface area contributed by atoms with E-state index in [-0.39, 0.29) is 47.9 Å². The Kier molecular flexibility index (Phi) is 4.66. The van der Waals surface area contributed by atoms with Gasteiger partial charge in [0.1, 0.15) is 23.0 Å². The number of rotatable bonds is 5. The minimum Gasteiger partial charge on any atom is -0.364 e. The molecule has 1 aromatic carbocycles. The first-order valence-electron chi connectivity index (χ1n) is 9.12. The van der Waals surface area contributed by atoms with Crippen LogP contribution >= 0.6 is 0 Å². The number of halogens is 2. The summed E-state index contributed by atoms with van der Waals surface area (Å²) in [5, 5.41) is 16.8. The smallest absolute Gasteiger partial charge is 0.274 e. The second-order valence-corrected chi connectivity index (χ2v) is 7.22. The molecular formula is C20H16F2N6O2. The molecule has 152 valence electrons. The Hall–Kier alpha value is -3.87. The number of nitrogens with one attached hydrogen (secondary N) is 1. The standard InChI is InChI=1S/C20H16F2N6O2/c21-20(22)7-11(8-20)10-28-17(14-3-1-2-12(9-23)16(14)27-28)19(30)26-13-4-5-25-15(6-13)18(24)29/h1-6,11H,7-8,10H2,(H2,24,29)(H,25,26,30). The normalized spacial score (nSPS) is 15.4. The van der Waals surface area contributed by atoms with Crippen LogP contribution in [0.5, 0.6) is 0 Å². The van der Waals surface area contributed by atoms with Gasteiger partial charge in [0.2, 0.25) is 5.92 Å². The van der Waals surface area contributed by atoms with Crippen molar-refractivity contribution < 1.29 is 18.4 Å². The lowest BCUT2D eigenvalue weighted by molar-refractivity contribution is -0.114. The number of benzene rings is 1. The summed E-state index contributed by atoms with van der Waals surface area (Å²) < 4.78 is 27.9. The number of hydrogen-bond donors (Lipinski definition) is 2. The number of carbonyl (C=O) groups excluding carboxylic acids is 2. The van der Waals surface area contributed by atoms with Crippen molar-refractivity contribution in [2.75, 3.05) is 5.32 Å². The maximum Gasteiger partial charge on any atom is 0.274 e. The summed E-state index contributed by atoms with van der Waals surface area (Å²) in [6.07, 6.45) is 0.777. The van der Waals surface area contributed by atoms with Crippen molar-refractivity contribution in [1.82, 2.24) is 14.8 Å². The monoisotopic (exact) mass is 410 g/mol. The Labute approximate surface area is 169 Å².